The van der Waals surface area contributed by atoms with Crippen LogP contribution in [0.5, 0.6) is 0 Å². The molecular formula is C18H19NO3. The van der Waals surface area contributed by atoms with E-state index in [-0.39, 0.29) is 12.5 Å². The van der Waals surface area contributed by atoms with Gasteiger partial charge in [-0.3, -0.25) is 4.79 Å². The van der Waals surface area contributed by atoms with Crippen LogP contribution in [0.1, 0.15) is 28.4 Å². The molecule has 22 heavy (non-hydrogen) atoms. The van der Waals surface area contributed by atoms with Gasteiger partial charge < -0.3 is 15.1 Å². The van der Waals surface area contributed by atoms with Crippen molar-refractivity contribution in [3.63, 3.8) is 0 Å². The van der Waals surface area contributed by atoms with Crippen molar-refractivity contribution in [3.8, 4) is 0 Å². The Balaban J connectivity index is 1.85. The molecule has 4 heteroatoms. The van der Waals surface area contributed by atoms with Gasteiger partial charge in [0.1, 0.15) is 0 Å². The van der Waals surface area contributed by atoms with Crippen LogP contribution in [-0.2, 0) is 0 Å². The summed E-state index contributed by atoms with van der Waals surface area (Å²) in [6.07, 6.45) is -1.02. The number of carbonyl (C=O) groups is 1. The van der Waals surface area contributed by atoms with Crippen molar-refractivity contribution < 1.29 is 15.0 Å². The number of likely N-dealkylation sites (tertiary alicyclic amines) is 1. The Morgan fingerprint density at radius 1 is 1.05 bits per heavy atom. The van der Waals surface area contributed by atoms with E-state index >= 15 is 0 Å². The summed E-state index contributed by atoms with van der Waals surface area (Å²) >= 11 is 0. The Labute approximate surface area is 129 Å². The lowest BCUT2D eigenvalue weighted by molar-refractivity contribution is 0.0485. The number of hydrogen-bond donors (Lipinski definition) is 2. The lowest BCUT2D eigenvalue weighted by Crippen LogP contribution is -2.39. The standard InChI is InChI=1S/C18H19NO3/c20-15-11-16(17(21)13-7-3-1-4-8-13)19(12-15)18(22)14-9-5-2-6-10-14/h1-10,15-17,20-21H,11-12H2. The summed E-state index contributed by atoms with van der Waals surface area (Å²) in [6.45, 7) is 0.252. The summed E-state index contributed by atoms with van der Waals surface area (Å²) in [6, 6.07) is 17.8. The number of aliphatic hydroxyl groups is 2. The van der Waals surface area contributed by atoms with Crippen LogP contribution < -0.4 is 0 Å². The Hall–Kier alpha value is -2.17. The smallest absolute Gasteiger partial charge is 0.254 e. The molecule has 2 aromatic carbocycles. The fourth-order valence-electron chi connectivity index (χ4n) is 2.99. The third-order valence-electron chi connectivity index (χ3n) is 4.11. The molecule has 2 N–H and O–H groups in total. The summed E-state index contributed by atoms with van der Waals surface area (Å²) in [5, 5.41) is 20.6. The zero-order valence-corrected chi connectivity index (χ0v) is 12.2. The molecule has 2 aromatic rings. The van der Waals surface area contributed by atoms with Crippen LogP contribution >= 0.6 is 0 Å². The topological polar surface area (TPSA) is 60.8 Å². The van der Waals surface area contributed by atoms with Crippen molar-refractivity contribution in [3.05, 3.63) is 71.8 Å². The van der Waals surface area contributed by atoms with Crippen molar-refractivity contribution in [1.82, 2.24) is 4.90 Å². The molecule has 1 saturated heterocycles. The summed E-state index contributed by atoms with van der Waals surface area (Å²) in [5.74, 6) is -0.155. The van der Waals surface area contributed by atoms with Gasteiger partial charge in [0.2, 0.25) is 0 Å². The highest BCUT2D eigenvalue weighted by molar-refractivity contribution is 5.94. The number of carbonyl (C=O) groups excluding carboxylic acids is 1. The van der Waals surface area contributed by atoms with Crippen LogP contribution in [0.25, 0.3) is 0 Å². The van der Waals surface area contributed by atoms with Gasteiger partial charge in [0.25, 0.3) is 5.91 Å². The maximum absolute atomic E-state index is 12.6. The molecule has 3 rings (SSSR count). The highest BCUT2D eigenvalue weighted by atomic mass is 16.3. The van der Waals surface area contributed by atoms with Gasteiger partial charge in [-0.2, -0.15) is 0 Å². The first kappa shape index (κ1) is 14.8. The van der Waals surface area contributed by atoms with Crippen molar-refractivity contribution in [2.24, 2.45) is 0 Å². The molecular weight excluding hydrogens is 278 g/mol. The summed E-state index contributed by atoms with van der Waals surface area (Å²) in [7, 11) is 0. The monoisotopic (exact) mass is 297 g/mol. The number of amides is 1. The van der Waals surface area contributed by atoms with Crippen LogP contribution in [0, 0.1) is 0 Å². The molecule has 0 aromatic heterocycles. The minimum atomic E-state index is -0.800. The molecule has 1 amide bonds. The Morgan fingerprint density at radius 3 is 2.27 bits per heavy atom. The second-order valence-electron chi connectivity index (χ2n) is 5.64. The largest absolute Gasteiger partial charge is 0.391 e. The van der Waals surface area contributed by atoms with Gasteiger partial charge in [0.05, 0.1) is 18.2 Å². The van der Waals surface area contributed by atoms with Crippen LogP contribution in [-0.4, -0.2) is 39.7 Å². The minimum absolute atomic E-state index is 0.155. The van der Waals surface area contributed by atoms with E-state index in [9.17, 15) is 15.0 Å². The van der Waals surface area contributed by atoms with Gasteiger partial charge in [-0.1, -0.05) is 48.5 Å². The normalized spacial score (nSPS) is 22.5. The molecule has 0 saturated carbocycles. The van der Waals surface area contributed by atoms with Crippen LogP contribution in [0.15, 0.2) is 60.7 Å². The first-order valence-electron chi connectivity index (χ1n) is 7.44. The zero-order chi connectivity index (χ0) is 15.5. The van der Waals surface area contributed by atoms with Crippen molar-refractivity contribution in [1.29, 1.82) is 0 Å². The third kappa shape index (κ3) is 2.89. The quantitative estimate of drug-likeness (QED) is 0.911. The predicted octanol–water partition coefficient (Wildman–Crippen LogP) is 2.00. The van der Waals surface area contributed by atoms with Crippen LogP contribution in [0.2, 0.25) is 0 Å². The summed E-state index contributed by atoms with van der Waals surface area (Å²) in [5.41, 5.74) is 1.33. The van der Waals surface area contributed by atoms with Crippen molar-refractivity contribution in [2.45, 2.75) is 24.7 Å². The predicted molar refractivity (Wildman–Crippen MR) is 83.3 cm³/mol. The average Bonchev–Trinajstić information content (AvgIpc) is 2.97. The Kier molecular flexibility index (Phi) is 4.22. The van der Waals surface area contributed by atoms with Gasteiger partial charge in [-0.15, -0.1) is 0 Å². The van der Waals surface area contributed by atoms with E-state index < -0.39 is 18.2 Å². The van der Waals surface area contributed by atoms with Crippen molar-refractivity contribution in [2.75, 3.05) is 6.54 Å². The van der Waals surface area contributed by atoms with E-state index in [0.717, 1.165) is 5.56 Å². The molecule has 1 aliphatic heterocycles. The van der Waals surface area contributed by atoms with Crippen LogP contribution in [0.4, 0.5) is 0 Å². The summed E-state index contributed by atoms with van der Waals surface area (Å²) < 4.78 is 0. The fourth-order valence-corrected chi connectivity index (χ4v) is 2.99. The van der Waals surface area contributed by atoms with E-state index in [1.165, 1.54) is 0 Å². The van der Waals surface area contributed by atoms with Gasteiger partial charge in [0.15, 0.2) is 0 Å². The molecule has 1 fully saturated rings. The van der Waals surface area contributed by atoms with Crippen LogP contribution in [0.3, 0.4) is 0 Å². The second kappa shape index (κ2) is 6.30. The molecule has 0 radical (unpaired) electrons. The number of benzene rings is 2. The molecule has 4 nitrogen and oxygen atoms in total. The number of hydrogen-bond acceptors (Lipinski definition) is 3. The van der Waals surface area contributed by atoms with Gasteiger partial charge in [0, 0.05) is 12.1 Å². The average molecular weight is 297 g/mol. The number of nitrogens with zero attached hydrogens (tertiary/aromatic N) is 1. The molecule has 0 bridgehead atoms. The van der Waals surface area contributed by atoms with E-state index in [1.54, 1.807) is 17.0 Å². The highest BCUT2D eigenvalue weighted by Crippen LogP contribution is 2.30. The van der Waals surface area contributed by atoms with Crippen molar-refractivity contribution >= 4 is 5.91 Å². The lowest BCUT2D eigenvalue weighted by atomic mass is 9.99. The Morgan fingerprint density at radius 2 is 1.64 bits per heavy atom. The molecule has 1 aliphatic rings. The van der Waals surface area contributed by atoms with E-state index in [0.29, 0.717) is 12.0 Å². The lowest BCUT2D eigenvalue weighted by Gasteiger charge is -2.28. The van der Waals surface area contributed by atoms with Gasteiger partial charge in [-0.05, 0) is 24.1 Å². The first-order valence-corrected chi connectivity index (χ1v) is 7.44. The van der Waals surface area contributed by atoms with Gasteiger partial charge >= 0.3 is 0 Å². The summed E-state index contributed by atoms with van der Waals surface area (Å²) in [4.78, 5) is 14.2. The Bertz CT molecular complexity index is 629. The maximum atomic E-state index is 12.6. The molecule has 1 heterocycles. The molecule has 3 atom stereocenters. The van der Waals surface area contributed by atoms with E-state index in [4.69, 9.17) is 0 Å². The van der Waals surface area contributed by atoms with E-state index in [2.05, 4.69) is 0 Å². The molecule has 114 valence electrons. The zero-order valence-electron chi connectivity index (χ0n) is 12.2. The highest BCUT2D eigenvalue weighted by Gasteiger charge is 2.39. The number of rotatable bonds is 3. The first-order chi connectivity index (χ1) is 10.7. The minimum Gasteiger partial charge on any atom is -0.391 e. The molecule has 3 unspecified atom stereocenters. The number of β-amino-alcohol motifs (C(OH)–C–C–N with tert-alkyl or cyclic N) is 1. The SMILES string of the molecule is O=C(c1ccccc1)N1CC(O)CC1C(O)c1ccccc1. The second-order valence-corrected chi connectivity index (χ2v) is 5.64. The third-order valence-corrected chi connectivity index (χ3v) is 4.11. The number of aliphatic hydroxyl groups excluding tert-OH is 2. The molecule has 0 aliphatic carbocycles. The van der Waals surface area contributed by atoms with Gasteiger partial charge in [-0.25, -0.2) is 0 Å². The maximum Gasteiger partial charge on any atom is 0.254 e. The molecule has 0 spiro atoms. The fraction of sp³-hybridized carbons (Fsp3) is 0.278. The van der Waals surface area contributed by atoms with E-state index in [1.807, 2.05) is 48.5 Å².